The van der Waals surface area contributed by atoms with Gasteiger partial charge in [-0.15, -0.1) is 0 Å². The van der Waals surface area contributed by atoms with Crippen LogP contribution in [0, 0.1) is 0 Å². The zero-order valence-corrected chi connectivity index (χ0v) is 10.5. The van der Waals surface area contributed by atoms with Crippen LogP contribution in [0.15, 0.2) is 24.3 Å². The van der Waals surface area contributed by atoms with Gasteiger partial charge in [0.05, 0.1) is 18.9 Å². The molecule has 1 N–H and O–H groups in total. The molecule has 0 aliphatic rings. The van der Waals surface area contributed by atoms with Gasteiger partial charge in [-0.1, -0.05) is 12.1 Å². The summed E-state index contributed by atoms with van der Waals surface area (Å²) >= 11 is 0. The van der Waals surface area contributed by atoms with Crippen molar-refractivity contribution in [3.05, 3.63) is 24.3 Å². The van der Waals surface area contributed by atoms with Crippen LogP contribution in [0.2, 0.25) is 0 Å². The number of carbonyl (C=O) groups excluding carboxylic acids is 1. The number of nitrogens with one attached hydrogen (secondary N) is 1. The third-order valence-corrected chi connectivity index (χ3v) is 2.20. The van der Waals surface area contributed by atoms with E-state index in [9.17, 15) is 4.79 Å². The van der Waals surface area contributed by atoms with Crippen LogP contribution in [0.4, 0.5) is 5.69 Å². The average Bonchev–Trinajstić information content (AvgIpc) is 2.32. The highest BCUT2D eigenvalue weighted by atomic mass is 16.5. The van der Waals surface area contributed by atoms with Gasteiger partial charge in [-0.05, 0) is 32.9 Å². The third kappa shape index (κ3) is 3.98. The predicted octanol–water partition coefficient (Wildman–Crippen LogP) is 2.45. The van der Waals surface area contributed by atoms with E-state index in [1.54, 1.807) is 13.8 Å². The van der Waals surface area contributed by atoms with E-state index in [0.717, 1.165) is 11.4 Å². The van der Waals surface area contributed by atoms with Crippen LogP contribution in [0.25, 0.3) is 0 Å². The molecule has 0 radical (unpaired) electrons. The normalized spacial score (nSPS) is 11.7. The highest BCUT2D eigenvalue weighted by Gasteiger charge is 2.15. The van der Waals surface area contributed by atoms with E-state index in [1.165, 1.54) is 0 Å². The number of benzene rings is 1. The van der Waals surface area contributed by atoms with Crippen molar-refractivity contribution in [3.8, 4) is 5.75 Å². The second kappa shape index (κ2) is 6.78. The first-order valence-corrected chi connectivity index (χ1v) is 5.84. The van der Waals surface area contributed by atoms with Gasteiger partial charge in [-0.25, -0.2) is 4.79 Å². The monoisotopic (exact) mass is 237 g/mol. The first-order chi connectivity index (χ1) is 8.19. The molecule has 1 atom stereocenters. The van der Waals surface area contributed by atoms with Gasteiger partial charge in [0.15, 0.2) is 0 Å². The second-order valence-corrected chi connectivity index (χ2v) is 3.55. The Bertz CT molecular complexity index is 365. The van der Waals surface area contributed by atoms with Crippen LogP contribution < -0.4 is 10.1 Å². The Hall–Kier alpha value is -1.71. The molecule has 0 aliphatic heterocycles. The van der Waals surface area contributed by atoms with E-state index in [1.807, 2.05) is 31.2 Å². The van der Waals surface area contributed by atoms with Gasteiger partial charge < -0.3 is 14.8 Å². The Morgan fingerprint density at radius 3 is 2.65 bits per heavy atom. The molecule has 0 aromatic heterocycles. The molecule has 0 spiro atoms. The van der Waals surface area contributed by atoms with Crippen molar-refractivity contribution in [2.75, 3.05) is 18.5 Å². The van der Waals surface area contributed by atoms with Gasteiger partial charge in [0.1, 0.15) is 11.8 Å². The van der Waals surface area contributed by atoms with Crippen molar-refractivity contribution in [1.82, 2.24) is 0 Å². The Morgan fingerprint density at radius 1 is 1.29 bits per heavy atom. The maximum absolute atomic E-state index is 11.5. The predicted molar refractivity (Wildman–Crippen MR) is 67.3 cm³/mol. The number of anilines is 1. The zero-order valence-electron chi connectivity index (χ0n) is 10.5. The maximum atomic E-state index is 11.5. The van der Waals surface area contributed by atoms with Gasteiger partial charge in [0.2, 0.25) is 0 Å². The minimum absolute atomic E-state index is 0.265. The van der Waals surface area contributed by atoms with Crippen molar-refractivity contribution in [2.24, 2.45) is 0 Å². The maximum Gasteiger partial charge on any atom is 0.328 e. The quantitative estimate of drug-likeness (QED) is 0.772. The van der Waals surface area contributed by atoms with Crippen molar-refractivity contribution >= 4 is 11.7 Å². The first kappa shape index (κ1) is 13.4. The van der Waals surface area contributed by atoms with E-state index in [0.29, 0.717) is 13.2 Å². The standard InChI is InChI=1S/C13H19NO3/c1-4-16-12-9-7-6-8-11(12)14-10(3)13(15)17-5-2/h6-10,14H,4-5H2,1-3H3. The topological polar surface area (TPSA) is 47.6 Å². The minimum Gasteiger partial charge on any atom is -0.492 e. The van der Waals surface area contributed by atoms with Crippen LogP contribution >= 0.6 is 0 Å². The number of rotatable bonds is 6. The number of hydrogen-bond acceptors (Lipinski definition) is 4. The molecule has 1 unspecified atom stereocenters. The molecule has 1 aromatic rings. The SMILES string of the molecule is CCOC(=O)C(C)Nc1ccccc1OCC. The largest absolute Gasteiger partial charge is 0.492 e. The summed E-state index contributed by atoms with van der Waals surface area (Å²) in [5.74, 6) is 0.477. The summed E-state index contributed by atoms with van der Waals surface area (Å²) in [4.78, 5) is 11.5. The lowest BCUT2D eigenvalue weighted by Crippen LogP contribution is -2.28. The summed E-state index contributed by atoms with van der Waals surface area (Å²) in [5, 5.41) is 3.08. The summed E-state index contributed by atoms with van der Waals surface area (Å²) < 4.78 is 10.4. The summed E-state index contributed by atoms with van der Waals surface area (Å²) in [7, 11) is 0. The van der Waals surface area contributed by atoms with E-state index >= 15 is 0 Å². The Balaban J connectivity index is 2.70. The Labute approximate surface area is 102 Å². The molecule has 0 aliphatic carbocycles. The van der Waals surface area contributed by atoms with Crippen molar-refractivity contribution < 1.29 is 14.3 Å². The highest BCUT2D eigenvalue weighted by molar-refractivity contribution is 5.79. The van der Waals surface area contributed by atoms with E-state index in [-0.39, 0.29) is 5.97 Å². The van der Waals surface area contributed by atoms with Gasteiger partial charge >= 0.3 is 5.97 Å². The number of ether oxygens (including phenoxy) is 2. The molecule has 4 heteroatoms. The molecule has 0 heterocycles. The molecule has 0 saturated carbocycles. The zero-order chi connectivity index (χ0) is 12.7. The van der Waals surface area contributed by atoms with Crippen LogP contribution in [0.3, 0.4) is 0 Å². The van der Waals surface area contributed by atoms with Gasteiger partial charge in [-0.3, -0.25) is 0 Å². The summed E-state index contributed by atoms with van der Waals surface area (Å²) in [5.41, 5.74) is 0.801. The second-order valence-electron chi connectivity index (χ2n) is 3.55. The molecular weight excluding hydrogens is 218 g/mol. The molecule has 0 saturated heterocycles. The van der Waals surface area contributed by atoms with Gasteiger partial charge in [-0.2, -0.15) is 0 Å². The lowest BCUT2D eigenvalue weighted by atomic mass is 10.2. The van der Waals surface area contributed by atoms with Crippen LogP contribution in [-0.4, -0.2) is 25.2 Å². The van der Waals surface area contributed by atoms with E-state index in [4.69, 9.17) is 9.47 Å². The van der Waals surface area contributed by atoms with Crippen LogP contribution in [0.5, 0.6) is 5.75 Å². The molecular formula is C13H19NO3. The van der Waals surface area contributed by atoms with E-state index in [2.05, 4.69) is 5.32 Å². The first-order valence-electron chi connectivity index (χ1n) is 5.84. The lowest BCUT2D eigenvalue weighted by molar-refractivity contribution is -0.143. The molecule has 94 valence electrons. The number of hydrogen-bond donors (Lipinski definition) is 1. The van der Waals surface area contributed by atoms with E-state index < -0.39 is 6.04 Å². The van der Waals surface area contributed by atoms with Gasteiger partial charge in [0.25, 0.3) is 0 Å². The van der Waals surface area contributed by atoms with Crippen LogP contribution in [-0.2, 0) is 9.53 Å². The summed E-state index contributed by atoms with van der Waals surface area (Å²) in [6, 6.07) is 7.13. The fourth-order valence-corrected chi connectivity index (χ4v) is 1.43. The Morgan fingerprint density at radius 2 is 2.00 bits per heavy atom. The van der Waals surface area contributed by atoms with Crippen LogP contribution in [0.1, 0.15) is 20.8 Å². The third-order valence-electron chi connectivity index (χ3n) is 2.20. The fraction of sp³-hybridized carbons (Fsp3) is 0.462. The van der Waals surface area contributed by atoms with Crippen molar-refractivity contribution in [2.45, 2.75) is 26.8 Å². The van der Waals surface area contributed by atoms with Crippen molar-refractivity contribution in [3.63, 3.8) is 0 Å². The van der Waals surface area contributed by atoms with Gasteiger partial charge in [0, 0.05) is 0 Å². The molecule has 1 rings (SSSR count). The minimum atomic E-state index is -0.392. The molecule has 0 fully saturated rings. The van der Waals surface area contributed by atoms with Crippen molar-refractivity contribution in [1.29, 1.82) is 0 Å². The number of para-hydroxylation sites is 2. The molecule has 0 amide bonds. The summed E-state index contributed by atoms with van der Waals surface area (Å²) in [6.45, 7) is 6.45. The molecule has 4 nitrogen and oxygen atoms in total. The lowest BCUT2D eigenvalue weighted by Gasteiger charge is -2.16. The fourth-order valence-electron chi connectivity index (χ4n) is 1.43. The number of carbonyl (C=O) groups is 1. The smallest absolute Gasteiger partial charge is 0.328 e. The average molecular weight is 237 g/mol. The number of esters is 1. The molecule has 17 heavy (non-hydrogen) atoms. The highest BCUT2D eigenvalue weighted by Crippen LogP contribution is 2.24. The summed E-state index contributed by atoms with van der Waals surface area (Å²) in [6.07, 6.45) is 0. The molecule has 1 aromatic carbocycles. The Kier molecular flexibility index (Phi) is 5.33. The molecule has 0 bridgehead atoms.